The number of aryl methyl sites for hydroxylation is 1. The molecule has 1 saturated heterocycles. The molecule has 0 saturated carbocycles. The van der Waals surface area contributed by atoms with Gasteiger partial charge in [-0.05, 0) is 29.7 Å². The van der Waals surface area contributed by atoms with E-state index in [1.165, 1.54) is 0 Å². The van der Waals surface area contributed by atoms with E-state index in [2.05, 4.69) is 12.1 Å². The number of Topliss-reactive ketones (excluding diaryl/α,β-unsaturated/α-hetero) is 1. The topological polar surface area (TPSA) is 67.9 Å². The van der Waals surface area contributed by atoms with Crippen molar-refractivity contribution in [1.82, 2.24) is 4.90 Å². The van der Waals surface area contributed by atoms with Gasteiger partial charge in [0.25, 0.3) is 0 Å². The minimum absolute atomic E-state index is 0.0831. The molecule has 0 unspecified atom stereocenters. The molecule has 0 radical (unpaired) electrons. The largest absolute Gasteiger partial charge is 0.357 e. The summed E-state index contributed by atoms with van der Waals surface area (Å²) in [6, 6.07) is 28.3. The summed E-state index contributed by atoms with van der Waals surface area (Å²) in [5, 5.41) is 21.0. The van der Waals surface area contributed by atoms with Crippen LogP contribution in [-0.4, -0.2) is 16.7 Å². The van der Waals surface area contributed by atoms with Crippen LogP contribution in [0.3, 0.4) is 0 Å². The summed E-state index contributed by atoms with van der Waals surface area (Å²) in [5.74, 6) is -0.687. The first-order chi connectivity index (χ1) is 15.6. The lowest BCUT2D eigenvalue weighted by molar-refractivity contribution is 0.0874. The molecular formula is C28H21N3O. The lowest BCUT2D eigenvalue weighted by atomic mass is 9.67. The standard InChI is InChI=1S/C28H21N3O/c1-19-11-13-22(14-12-19)26(32)25-24(21-8-3-2-4-9-21)28(17-29,18-30)27-23-10-6-5-7-20(23)15-16-31(25)27/h2-16,24-25,27H,1H3/t24-,25+,27-/m0/s1. The maximum absolute atomic E-state index is 13.9. The highest BCUT2D eigenvalue weighted by Gasteiger charge is 2.63. The molecule has 0 aromatic heterocycles. The van der Waals surface area contributed by atoms with E-state index in [1.54, 1.807) is 0 Å². The molecule has 3 aromatic carbocycles. The predicted octanol–water partition coefficient (Wildman–Crippen LogP) is 5.40. The van der Waals surface area contributed by atoms with Crippen LogP contribution in [0.15, 0.2) is 85.1 Å². The maximum atomic E-state index is 13.9. The van der Waals surface area contributed by atoms with Crippen molar-refractivity contribution in [2.75, 3.05) is 0 Å². The number of hydrogen-bond donors (Lipinski definition) is 0. The first kappa shape index (κ1) is 19.8. The number of nitriles is 2. The van der Waals surface area contributed by atoms with Gasteiger partial charge in [-0.2, -0.15) is 10.5 Å². The number of carbonyl (C=O) groups excluding carboxylic acids is 1. The summed E-state index contributed by atoms with van der Waals surface area (Å²) < 4.78 is 0. The van der Waals surface area contributed by atoms with Gasteiger partial charge in [0.2, 0.25) is 0 Å². The van der Waals surface area contributed by atoms with E-state index in [4.69, 9.17) is 0 Å². The molecule has 5 rings (SSSR count). The highest BCUT2D eigenvalue weighted by atomic mass is 16.1. The Morgan fingerprint density at radius 2 is 1.56 bits per heavy atom. The zero-order valence-electron chi connectivity index (χ0n) is 17.6. The van der Waals surface area contributed by atoms with Crippen molar-refractivity contribution in [3.63, 3.8) is 0 Å². The zero-order chi connectivity index (χ0) is 22.3. The summed E-state index contributed by atoms with van der Waals surface area (Å²) in [5.41, 5.74) is 2.92. The minimum atomic E-state index is -1.42. The number of rotatable bonds is 3. The van der Waals surface area contributed by atoms with Crippen molar-refractivity contribution in [2.24, 2.45) is 5.41 Å². The Labute approximate surface area is 187 Å². The minimum Gasteiger partial charge on any atom is -0.357 e. The summed E-state index contributed by atoms with van der Waals surface area (Å²) in [4.78, 5) is 15.9. The molecule has 4 nitrogen and oxygen atoms in total. The molecule has 2 heterocycles. The molecule has 2 aliphatic heterocycles. The van der Waals surface area contributed by atoms with Crippen molar-refractivity contribution in [2.45, 2.75) is 24.9 Å². The quantitative estimate of drug-likeness (QED) is 0.537. The number of carbonyl (C=O) groups is 1. The van der Waals surface area contributed by atoms with Gasteiger partial charge in [-0.25, -0.2) is 0 Å². The maximum Gasteiger partial charge on any atom is 0.185 e. The van der Waals surface area contributed by atoms with E-state index in [0.717, 1.165) is 22.3 Å². The van der Waals surface area contributed by atoms with E-state index < -0.39 is 23.4 Å². The number of ketones is 1. The fourth-order valence-corrected chi connectivity index (χ4v) is 5.22. The second-order valence-corrected chi connectivity index (χ2v) is 8.45. The first-order valence-electron chi connectivity index (χ1n) is 10.6. The van der Waals surface area contributed by atoms with Crippen molar-refractivity contribution >= 4 is 11.9 Å². The number of nitrogens with zero attached hydrogens (tertiary/aromatic N) is 3. The highest BCUT2D eigenvalue weighted by molar-refractivity contribution is 6.01. The number of benzene rings is 3. The van der Waals surface area contributed by atoms with E-state index in [0.29, 0.717) is 5.56 Å². The van der Waals surface area contributed by atoms with Crippen molar-refractivity contribution < 1.29 is 4.79 Å². The highest BCUT2D eigenvalue weighted by Crippen LogP contribution is 2.59. The Hall–Kier alpha value is -4.15. The number of fused-ring (bicyclic) bond motifs is 3. The normalized spacial score (nSPS) is 22.3. The van der Waals surface area contributed by atoms with Gasteiger partial charge in [0.1, 0.15) is 6.04 Å². The molecule has 2 aliphatic rings. The van der Waals surface area contributed by atoms with Gasteiger partial charge in [0.15, 0.2) is 11.2 Å². The van der Waals surface area contributed by atoms with Crippen LogP contribution >= 0.6 is 0 Å². The van der Waals surface area contributed by atoms with Crippen LogP contribution in [0.25, 0.3) is 6.08 Å². The zero-order valence-corrected chi connectivity index (χ0v) is 17.6. The van der Waals surface area contributed by atoms with Gasteiger partial charge >= 0.3 is 0 Å². The Morgan fingerprint density at radius 1 is 0.906 bits per heavy atom. The third kappa shape index (κ3) is 2.77. The smallest absolute Gasteiger partial charge is 0.185 e. The van der Waals surface area contributed by atoms with Crippen molar-refractivity contribution in [3.8, 4) is 12.1 Å². The Bertz CT molecular complexity index is 1280. The Balaban J connectivity index is 1.76. The van der Waals surface area contributed by atoms with Crippen LogP contribution in [0.5, 0.6) is 0 Å². The molecule has 1 fully saturated rings. The van der Waals surface area contributed by atoms with Gasteiger partial charge in [-0.1, -0.05) is 84.4 Å². The van der Waals surface area contributed by atoms with Crippen LogP contribution < -0.4 is 0 Å². The third-order valence-corrected chi connectivity index (χ3v) is 6.71. The lowest BCUT2D eigenvalue weighted by Gasteiger charge is -2.34. The fraction of sp³-hybridized carbons (Fsp3) is 0.179. The number of hydrogen-bond acceptors (Lipinski definition) is 4. The summed E-state index contributed by atoms with van der Waals surface area (Å²) in [7, 11) is 0. The van der Waals surface area contributed by atoms with Gasteiger partial charge in [0, 0.05) is 17.7 Å². The molecule has 3 atom stereocenters. The van der Waals surface area contributed by atoms with Crippen LogP contribution in [-0.2, 0) is 0 Å². The van der Waals surface area contributed by atoms with E-state index >= 15 is 0 Å². The molecule has 0 aliphatic carbocycles. The van der Waals surface area contributed by atoms with Crippen LogP contribution in [0.1, 0.15) is 44.6 Å². The van der Waals surface area contributed by atoms with Crippen molar-refractivity contribution in [3.05, 3.63) is 113 Å². The van der Waals surface area contributed by atoms with Crippen LogP contribution in [0.2, 0.25) is 0 Å². The molecule has 32 heavy (non-hydrogen) atoms. The van der Waals surface area contributed by atoms with E-state index in [-0.39, 0.29) is 5.78 Å². The average molecular weight is 415 g/mol. The van der Waals surface area contributed by atoms with Crippen LogP contribution in [0, 0.1) is 35.0 Å². The van der Waals surface area contributed by atoms with Crippen LogP contribution in [0.4, 0.5) is 0 Å². The van der Waals surface area contributed by atoms with Crippen molar-refractivity contribution in [1.29, 1.82) is 10.5 Å². The molecule has 0 bridgehead atoms. The van der Waals surface area contributed by atoms with Gasteiger partial charge in [0.05, 0.1) is 18.2 Å². The summed E-state index contributed by atoms with van der Waals surface area (Å²) >= 11 is 0. The molecule has 154 valence electrons. The third-order valence-electron chi connectivity index (χ3n) is 6.71. The summed E-state index contributed by atoms with van der Waals surface area (Å²) in [6.45, 7) is 1.98. The molecular weight excluding hydrogens is 394 g/mol. The Kier molecular flexibility index (Phi) is 4.65. The molecule has 3 aromatic rings. The first-order valence-corrected chi connectivity index (χ1v) is 10.6. The molecule has 0 N–H and O–H groups in total. The van der Waals surface area contributed by atoms with E-state index in [9.17, 15) is 15.3 Å². The molecule has 0 amide bonds. The predicted molar refractivity (Wildman–Crippen MR) is 122 cm³/mol. The van der Waals surface area contributed by atoms with Gasteiger partial charge in [-0.3, -0.25) is 4.79 Å². The SMILES string of the molecule is Cc1ccc(C(=O)[C@H]2[C@H](c3ccccc3)C(C#N)(C#N)[C@@H]3c4ccccc4C=CN32)cc1. The van der Waals surface area contributed by atoms with Gasteiger partial charge in [-0.15, -0.1) is 0 Å². The molecule has 4 heteroatoms. The van der Waals surface area contributed by atoms with Gasteiger partial charge < -0.3 is 4.90 Å². The average Bonchev–Trinajstić information content (AvgIpc) is 3.15. The molecule has 0 spiro atoms. The fourth-order valence-electron chi connectivity index (χ4n) is 5.22. The second kappa shape index (κ2) is 7.52. The lowest BCUT2D eigenvalue weighted by Crippen LogP contribution is -2.37. The monoisotopic (exact) mass is 415 g/mol. The summed E-state index contributed by atoms with van der Waals surface area (Å²) in [6.07, 6.45) is 3.85. The Morgan fingerprint density at radius 3 is 2.25 bits per heavy atom. The van der Waals surface area contributed by atoms with E-state index in [1.807, 2.05) is 103 Å². The second-order valence-electron chi connectivity index (χ2n) is 8.45.